The quantitative estimate of drug-likeness (QED) is 0.259. The summed E-state index contributed by atoms with van der Waals surface area (Å²) in [5.74, 6) is -1.47. The number of halogens is 1. The van der Waals surface area contributed by atoms with Crippen LogP contribution in [0.3, 0.4) is 0 Å². The van der Waals surface area contributed by atoms with E-state index >= 15 is 0 Å². The molecule has 10 heteroatoms. The van der Waals surface area contributed by atoms with Gasteiger partial charge >= 0.3 is 11.8 Å². The summed E-state index contributed by atoms with van der Waals surface area (Å²) in [5, 5.41) is 9.50. The zero-order valence-electron chi connectivity index (χ0n) is 18.1. The molecule has 0 aromatic heterocycles. The molecule has 0 fully saturated rings. The number of hydrogen-bond acceptors (Lipinski definition) is 6. The van der Waals surface area contributed by atoms with Crippen LogP contribution in [0.25, 0.3) is 0 Å². The highest BCUT2D eigenvalue weighted by Gasteiger charge is 2.15. The standard InChI is InChI=1S/C24H21ClN4O5/c1-33-21-9-5-3-7-19(21)28-23(31)24(32)29-26-14-16-6-2-4-8-20(16)34-15-22(30)27-18-12-10-17(25)11-13-18/h2-14H,15H2,1H3,(H,27,30)(H,28,31)(H,29,32)/b26-14-. The highest BCUT2D eigenvalue weighted by atomic mass is 35.5. The van der Waals surface area contributed by atoms with Crippen LogP contribution in [0.5, 0.6) is 11.5 Å². The molecule has 0 saturated carbocycles. The van der Waals surface area contributed by atoms with E-state index in [2.05, 4.69) is 21.2 Å². The molecule has 9 nitrogen and oxygen atoms in total. The number of carbonyl (C=O) groups excluding carboxylic acids is 3. The van der Waals surface area contributed by atoms with Gasteiger partial charge < -0.3 is 20.1 Å². The highest BCUT2D eigenvalue weighted by Crippen LogP contribution is 2.22. The molecule has 174 valence electrons. The number of benzene rings is 3. The molecule has 0 heterocycles. The number of para-hydroxylation sites is 3. The van der Waals surface area contributed by atoms with Crippen LogP contribution in [0.1, 0.15) is 5.56 Å². The summed E-state index contributed by atoms with van der Waals surface area (Å²) in [6, 6.07) is 20.1. The second-order valence-corrected chi connectivity index (χ2v) is 7.17. The Labute approximate surface area is 200 Å². The highest BCUT2D eigenvalue weighted by molar-refractivity contribution is 6.39. The Hall–Kier alpha value is -4.37. The number of rotatable bonds is 8. The molecule has 0 saturated heterocycles. The minimum Gasteiger partial charge on any atom is -0.495 e. The van der Waals surface area contributed by atoms with E-state index in [-0.39, 0.29) is 12.5 Å². The van der Waals surface area contributed by atoms with Gasteiger partial charge in [-0.25, -0.2) is 5.43 Å². The van der Waals surface area contributed by atoms with Gasteiger partial charge in [0.05, 0.1) is 19.0 Å². The predicted molar refractivity (Wildman–Crippen MR) is 129 cm³/mol. The van der Waals surface area contributed by atoms with Crippen LogP contribution in [0, 0.1) is 0 Å². The Balaban J connectivity index is 1.54. The summed E-state index contributed by atoms with van der Waals surface area (Å²) in [6.07, 6.45) is 1.31. The molecule has 0 aliphatic heterocycles. The zero-order chi connectivity index (χ0) is 24.3. The van der Waals surface area contributed by atoms with Gasteiger partial charge in [0.1, 0.15) is 11.5 Å². The third kappa shape index (κ3) is 7.07. The first-order valence-corrected chi connectivity index (χ1v) is 10.4. The second-order valence-electron chi connectivity index (χ2n) is 6.74. The average molecular weight is 481 g/mol. The van der Waals surface area contributed by atoms with Gasteiger partial charge in [-0.05, 0) is 48.5 Å². The van der Waals surface area contributed by atoms with Crippen LogP contribution in [0.2, 0.25) is 5.02 Å². The topological polar surface area (TPSA) is 118 Å². The first kappa shape index (κ1) is 24.3. The molecule has 0 aliphatic rings. The van der Waals surface area contributed by atoms with Gasteiger partial charge in [-0.1, -0.05) is 35.9 Å². The number of ether oxygens (including phenoxy) is 2. The lowest BCUT2D eigenvalue weighted by molar-refractivity contribution is -0.136. The van der Waals surface area contributed by atoms with Gasteiger partial charge in [-0.15, -0.1) is 0 Å². The van der Waals surface area contributed by atoms with E-state index in [0.29, 0.717) is 33.5 Å². The molecule has 0 bridgehead atoms. The van der Waals surface area contributed by atoms with Crippen molar-refractivity contribution in [2.75, 3.05) is 24.4 Å². The van der Waals surface area contributed by atoms with E-state index in [4.69, 9.17) is 21.1 Å². The minimum atomic E-state index is -0.970. The SMILES string of the molecule is COc1ccccc1NC(=O)C(=O)N/N=C\c1ccccc1OCC(=O)Nc1ccc(Cl)cc1. The van der Waals surface area contributed by atoms with E-state index in [1.807, 2.05) is 0 Å². The van der Waals surface area contributed by atoms with Gasteiger partial charge in [0, 0.05) is 16.3 Å². The summed E-state index contributed by atoms with van der Waals surface area (Å²) in [7, 11) is 1.45. The summed E-state index contributed by atoms with van der Waals surface area (Å²) in [6.45, 7) is -0.249. The van der Waals surface area contributed by atoms with Crippen molar-refractivity contribution in [2.24, 2.45) is 5.10 Å². The molecule has 0 unspecified atom stereocenters. The monoisotopic (exact) mass is 480 g/mol. The average Bonchev–Trinajstić information content (AvgIpc) is 2.85. The van der Waals surface area contributed by atoms with Gasteiger partial charge in [-0.2, -0.15) is 5.10 Å². The second kappa shape index (κ2) is 12.0. The van der Waals surface area contributed by atoms with E-state index in [0.717, 1.165) is 0 Å². The van der Waals surface area contributed by atoms with Crippen molar-refractivity contribution in [3.8, 4) is 11.5 Å². The van der Waals surface area contributed by atoms with Crippen LogP contribution in [-0.2, 0) is 14.4 Å². The lowest BCUT2D eigenvalue weighted by Gasteiger charge is -2.10. The van der Waals surface area contributed by atoms with Crippen molar-refractivity contribution in [2.45, 2.75) is 0 Å². The van der Waals surface area contributed by atoms with Crippen molar-refractivity contribution in [1.29, 1.82) is 0 Å². The fourth-order valence-corrected chi connectivity index (χ4v) is 2.86. The van der Waals surface area contributed by atoms with Crippen molar-refractivity contribution in [1.82, 2.24) is 5.43 Å². The molecule has 3 rings (SSSR count). The van der Waals surface area contributed by atoms with Crippen molar-refractivity contribution < 1.29 is 23.9 Å². The molecule has 0 spiro atoms. The summed E-state index contributed by atoms with van der Waals surface area (Å²) in [4.78, 5) is 36.3. The number of hydrogen-bond donors (Lipinski definition) is 3. The number of carbonyl (C=O) groups is 3. The summed E-state index contributed by atoms with van der Waals surface area (Å²) in [5.41, 5.74) is 3.58. The molecular weight excluding hydrogens is 460 g/mol. The van der Waals surface area contributed by atoms with E-state index in [1.54, 1.807) is 72.8 Å². The maximum Gasteiger partial charge on any atom is 0.329 e. The number of nitrogens with one attached hydrogen (secondary N) is 3. The first-order valence-electron chi connectivity index (χ1n) is 10.0. The fraction of sp³-hybridized carbons (Fsp3) is 0.0833. The number of hydrazone groups is 1. The van der Waals surface area contributed by atoms with Gasteiger partial charge in [0.25, 0.3) is 5.91 Å². The van der Waals surface area contributed by atoms with Crippen LogP contribution < -0.4 is 25.5 Å². The van der Waals surface area contributed by atoms with E-state index < -0.39 is 11.8 Å². The number of amides is 3. The van der Waals surface area contributed by atoms with Crippen LogP contribution in [-0.4, -0.2) is 37.7 Å². The van der Waals surface area contributed by atoms with Gasteiger partial charge in [0.15, 0.2) is 6.61 Å². The molecule has 0 radical (unpaired) electrons. The Morgan fingerprint density at radius 1 is 0.882 bits per heavy atom. The predicted octanol–water partition coefficient (Wildman–Crippen LogP) is 3.45. The first-order chi connectivity index (χ1) is 16.5. The molecule has 0 atom stereocenters. The fourth-order valence-electron chi connectivity index (χ4n) is 2.73. The van der Waals surface area contributed by atoms with Crippen molar-refractivity contribution in [3.05, 3.63) is 83.4 Å². The molecule has 3 aromatic rings. The Bertz CT molecular complexity index is 1200. The number of nitrogens with zero attached hydrogens (tertiary/aromatic N) is 1. The maximum atomic E-state index is 12.1. The van der Waals surface area contributed by atoms with Crippen LogP contribution in [0.4, 0.5) is 11.4 Å². The largest absolute Gasteiger partial charge is 0.495 e. The third-order valence-electron chi connectivity index (χ3n) is 4.34. The minimum absolute atomic E-state index is 0.249. The zero-order valence-corrected chi connectivity index (χ0v) is 18.8. The van der Waals surface area contributed by atoms with Crippen molar-refractivity contribution >= 4 is 46.9 Å². The maximum absolute atomic E-state index is 12.1. The van der Waals surface area contributed by atoms with Gasteiger partial charge in [0.2, 0.25) is 0 Å². The molecule has 3 aromatic carbocycles. The smallest absolute Gasteiger partial charge is 0.329 e. The van der Waals surface area contributed by atoms with Crippen LogP contribution in [0.15, 0.2) is 77.9 Å². The molecule has 0 aliphatic carbocycles. The number of anilines is 2. The molecule has 34 heavy (non-hydrogen) atoms. The molecule has 3 N–H and O–H groups in total. The Kier molecular flexibility index (Phi) is 8.59. The normalized spacial score (nSPS) is 10.4. The molecule has 3 amide bonds. The van der Waals surface area contributed by atoms with E-state index in [9.17, 15) is 14.4 Å². The third-order valence-corrected chi connectivity index (χ3v) is 4.59. The van der Waals surface area contributed by atoms with Gasteiger partial charge in [-0.3, -0.25) is 14.4 Å². The Morgan fingerprint density at radius 3 is 2.29 bits per heavy atom. The Morgan fingerprint density at radius 2 is 1.56 bits per heavy atom. The lowest BCUT2D eigenvalue weighted by Crippen LogP contribution is -2.32. The lowest BCUT2D eigenvalue weighted by atomic mass is 10.2. The van der Waals surface area contributed by atoms with E-state index in [1.165, 1.54) is 13.3 Å². The molecular formula is C24H21ClN4O5. The summed E-state index contributed by atoms with van der Waals surface area (Å²) < 4.78 is 10.7. The van der Waals surface area contributed by atoms with Crippen LogP contribution >= 0.6 is 11.6 Å². The summed E-state index contributed by atoms with van der Waals surface area (Å²) >= 11 is 5.83. The number of methoxy groups -OCH3 is 1. The van der Waals surface area contributed by atoms with Crippen molar-refractivity contribution in [3.63, 3.8) is 0 Å².